The maximum atomic E-state index is 12.1. The van der Waals surface area contributed by atoms with Gasteiger partial charge in [-0.15, -0.1) is 0 Å². The largest absolute Gasteiger partial charge is 0.467 e. The lowest BCUT2D eigenvalue weighted by Gasteiger charge is -2.26. The van der Waals surface area contributed by atoms with Gasteiger partial charge >= 0.3 is 12.0 Å². The van der Waals surface area contributed by atoms with Gasteiger partial charge in [-0.3, -0.25) is 0 Å². The second kappa shape index (κ2) is 8.63. The number of halogens is 1. The van der Waals surface area contributed by atoms with Crippen LogP contribution in [0.1, 0.15) is 5.82 Å². The molecule has 0 saturated carbocycles. The van der Waals surface area contributed by atoms with E-state index in [2.05, 4.69) is 25.6 Å². The highest BCUT2D eigenvalue weighted by Gasteiger charge is 2.17. The zero-order valence-corrected chi connectivity index (χ0v) is 15.0. The molecule has 0 aliphatic carbocycles. The fourth-order valence-electron chi connectivity index (χ4n) is 2.35. The van der Waals surface area contributed by atoms with E-state index < -0.39 is 6.03 Å². The van der Waals surface area contributed by atoms with E-state index in [1.54, 1.807) is 24.3 Å². The van der Waals surface area contributed by atoms with Gasteiger partial charge in [-0.2, -0.15) is 15.0 Å². The van der Waals surface area contributed by atoms with E-state index in [0.29, 0.717) is 48.8 Å². The third-order valence-electron chi connectivity index (χ3n) is 3.66. The summed E-state index contributed by atoms with van der Waals surface area (Å²) in [6.07, 6.45) is 0. The number of methoxy groups -OCH3 is 1. The van der Waals surface area contributed by atoms with Gasteiger partial charge in [0.2, 0.25) is 5.95 Å². The Balaban J connectivity index is 1.65. The van der Waals surface area contributed by atoms with Crippen molar-refractivity contribution < 1.29 is 14.3 Å². The zero-order chi connectivity index (χ0) is 18.4. The van der Waals surface area contributed by atoms with Gasteiger partial charge in [0.25, 0.3) is 0 Å². The predicted octanol–water partition coefficient (Wildman–Crippen LogP) is 1.69. The van der Waals surface area contributed by atoms with E-state index in [9.17, 15) is 4.79 Å². The molecule has 1 aliphatic rings. The summed E-state index contributed by atoms with van der Waals surface area (Å²) in [6, 6.07) is 6.77. The van der Waals surface area contributed by atoms with Crippen LogP contribution in [0.25, 0.3) is 0 Å². The Hall–Kier alpha value is -2.65. The highest BCUT2D eigenvalue weighted by molar-refractivity contribution is 6.33. The molecule has 0 atom stereocenters. The molecule has 3 rings (SSSR count). The molecule has 1 fully saturated rings. The van der Waals surface area contributed by atoms with Crippen molar-refractivity contribution in [1.82, 2.24) is 20.3 Å². The number of carbonyl (C=O) groups is 1. The molecule has 0 radical (unpaired) electrons. The Morgan fingerprint density at radius 2 is 2.04 bits per heavy atom. The first-order chi connectivity index (χ1) is 12.7. The van der Waals surface area contributed by atoms with E-state index in [1.807, 2.05) is 4.90 Å². The van der Waals surface area contributed by atoms with Crippen LogP contribution in [0, 0.1) is 0 Å². The number of anilines is 2. The van der Waals surface area contributed by atoms with Crippen molar-refractivity contribution in [2.24, 2.45) is 0 Å². The molecule has 0 spiro atoms. The van der Waals surface area contributed by atoms with Crippen molar-refractivity contribution in [2.45, 2.75) is 6.54 Å². The molecule has 0 unspecified atom stereocenters. The highest BCUT2D eigenvalue weighted by atomic mass is 35.5. The lowest BCUT2D eigenvalue weighted by atomic mass is 10.3. The van der Waals surface area contributed by atoms with Crippen molar-refractivity contribution in [3.05, 3.63) is 35.1 Å². The lowest BCUT2D eigenvalue weighted by Crippen LogP contribution is -2.38. The van der Waals surface area contributed by atoms with Crippen LogP contribution in [-0.2, 0) is 11.3 Å². The summed E-state index contributed by atoms with van der Waals surface area (Å²) in [4.78, 5) is 26.9. The zero-order valence-electron chi connectivity index (χ0n) is 14.2. The van der Waals surface area contributed by atoms with Crippen LogP contribution < -0.4 is 20.3 Å². The van der Waals surface area contributed by atoms with E-state index >= 15 is 0 Å². The van der Waals surface area contributed by atoms with Gasteiger partial charge < -0.3 is 25.0 Å². The fraction of sp³-hybridized carbons (Fsp3) is 0.375. The van der Waals surface area contributed by atoms with Crippen molar-refractivity contribution in [1.29, 1.82) is 0 Å². The topological polar surface area (TPSA) is 102 Å². The number of nitrogens with one attached hydrogen (secondary N) is 2. The Bertz CT molecular complexity index is 769. The monoisotopic (exact) mass is 378 g/mol. The molecule has 0 bridgehead atoms. The first kappa shape index (κ1) is 18.2. The van der Waals surface area contributed by atoms with Gasteiger partial charge in [0.1, 0.15) is 0 Å². The Morgan fingerprint density at radius 1 is 1.27 bits per heavy atom. The van der Waals surface area contributed by atoms with Gasteiger partial charge in [0.05, 0.1) is 37.6 Å². The van der Waals surface area contributed by atoms with Crippen molar-refractivity contribution in [2.75, 3.05) is 43.6 Å². The number of benzene rings is 1. The second-order valence-corrected chi connectivity index (χ2v) is 5.83. The molecule has 2 aromatic rings. The van der Waals surface area contributed by atoms with Crippen LogP contribution in [0.2, 0.25) is 5.02 Å². The van der Waals surface area contributed by atoms with Crippen LogP contribution in [0.5, 0.6) is 6.01 Å². The van der Waals surface area contributed by atoms with Gasteiger partial charge in [-0.25, -0.2) is 4.79 Å². The number of aromatic nitrogens is 3. The number of nitrogens with zero attached hydrogens (tertiary/aromatic N) is 4. The number of hydrogen-bond donors (Lipinski definition) is 2. The Morgan fingerprint density at radius 3 is 2.77 bits per heavy atom. The van der Waals surface area contributed by atoms with Gasteiger partial charge in [0, 0.05) is 13.1 Å². The second-order valence-electron chi connectivity index (χ2n) is 5.43. The third-order valence-corrected chi connectivity index (χ3v) is 3.98. The van der Waals surface area contributed by atoms with Crippen LogP contribution >= 0.6 is 11.6 Å². The number of ether oxygens (including phenoxy) is 2. The molecule has 1 saturated heterocycles. The first-order valence-electron chi connectivity index (χ1n) is 8.06. The van der Waals surface area contributed by atoms with Crippen molar-refractivity contribution in [3.8, 4) is 6.01 Å². The molecule has 9 nitrogen and oxygen atoms in total. The number of para-hydroxylation sites is 1. The minimum Gasteiger partial charge on any atom is -0.467 e. The maximum Gasteiger partial charge on any atom is 0.321 e. The molecule has 138 valence electrons. The quantitative estimate of drug-likeness (QED) is 0.816. The summed E-state index contributed by atoms with van der Waals surface area (Å²) in [5.41, 5.74) is 0.522. The van der Waals surface area contributed by atoms with Gasteiger partial charge in [-0.1, -0.05) is 23.7 Å². The SMILES string of the molecule is COc1nc(CNC(=O)Nc2ccccc2Cl)nc(N2CCOCC2)n1. The molecule has 26 heavy (non-hydrogen) atoms. The summed E-state index contributed by atoms with van der Waals surface area (Å²) in [7, 11) is 1.49. The van der Waals surface area contributed by atoms with Crippen LogP contribution in [0.15, 0.2) is 24.3 Å². The molecular formula is C16H19ClN6O3. The van der Waals surface area contributed by atoms with Gasteiger partial charge in [-0.05, 0) is 12.1 Å². The molecule has 10 heteroatoms. The van der Waals surface area contributed by atoms with Crippen LogP contribution in [0.4, 0.5) is 16.4 Å². The molecule has 1 aliphatic heterocycles. The molecule has 1 aromatic heterocycles. The highest BCUT2D eigenvalue weighted by Crippen LogP contribution is 2.20. The molecular weight excluding hydrogens is 360 g/mol. The van der Waals surface area contributed by atoms with E-state index in [1.165, 1.54) is 7.11 Å². The number of amides is 2. The first-order valence-corrected chi connectivity index (χ1v) is 8.44. The predicted molar refractivity (Wildman–Crippen MR) is 96.7 cm³/mol. The summed E-state index contributed by atoms with van der Waals surface area (Å²) in [5.74, 6) is 0.899. The summed E-state index contributed by atoms with van der Waals surface area (Å²) < 4.78 is 10.5. The third kappa shape index (κ3) is 4.70. The van der Waals surface area contributed by atoms with E-state index in [-0.39, 0.29) is 12.6 Å². The fourth-order valence-corrected chi connectivity index (χ4v) is 2.53. The number of carbonyl (C=O) groups excluding carboxylic acids is 1. The normalized spacial score (nSPS) is 14.0. The molecule has 2 amide bonds. The molecule has 1 aromatic carbocycles. The minimum absolute atomic E-state index is 0.118. The van der Waals surface area contributed by atoms with E-state index in [4.69, 9.17) is 21.1 Å². The Labute approximate surface area is 155 Å². The van der Waals surface area contributed by atoms with Crippen LogP contribution in [0.3, 0.4) is 0 Å². The maximum absolute atomic E-state index is 12.1. The van der Waals surface area contributed by atoms with E-state index in [0.717, 1.165) is 0 Å². The minimum atomic E-state index is -0.412. The van der Waals surface area contributed by atoms with Gasteiger partial charge in [0.15, 0.2) is 5.82 Å². The number of morpholine rings is 1. The smallest absolute Gasteiger partial charge is 0.321 e. The van der Waals surface area contributed by atoms with Crippen LogP contribution in [-0.4, -0.2) is 54.4 Å². The number of urea groups is 1. The lowest BCUT2D eigenvalue weighted by molar-refractivity contribution is 0.122. The summed E-state index contributed by atoms with van der Waals surface area (Å²) in [6.45, 7) is 2.72. The number of hydrogen-bond acceptors (Lipinski definition) is 7. The summed E-state index contributed by atoms with van der Waals surface area (Å²) >= 11 is 6.02. The molecule has 2 heterocycles. The number of rotatable bonds is 5. The van der Waals surface area contributed by atoms with Crippen molar-refractivity contribution >= 4 is 29.3 Å². The average Bonchev–Trinajstić information content (AvgIpc) is 2.68. The average molecular weight is 379 g/mol. The molecule has 2 N–H and O–H groups in total. The van der Waals surface area contributed by atoms with Crippen molar-refractivity contribution in [3.63, 3.8) is 0 Å². The Kier molecular flexibility index (Phi) is 6.03. The summed E-state index contributed by atoms with van der Waals surface area (Å²) in [5, 5.41) is 5.83. The standard InChI is InChI=1S/C16H19ClN6O3/c1-25-16-21-13(20-14(22-16)23-6-8-26-9-7-23)10-18-15(24)19-12-5-3-2-4-11(12)17/h2-5H,6-10H2,1H3,(H2,18,19,24).